The van der Waals surface area contributed by atoms with Crippen molar-refractivity contribution >= 4 is 35.0 Å². The average Bonchev–Trinajstić information content (AvgIpc) is 3.30. The zero-order valence-electron chi connectivity index (χ0n) is 24.2. The first-order chi connectivity index (χ1) is 20.7. The Balaban J connectivity index is 1.45. The number of ether oxygens (including phenoxy) is 2. The largest absolute Gasteiger partial charge is 0.489 e. The second kappa shape index (κ2) is 12.5. The van der Waals surface area contributed by atoms with Crippen LogP contribution in [0.2, 0.25) is 0 Å². The molecule has 1 aromatic heterocycles. The van der Waals surface area contributed by atoms with Crippen LogP contribution in [0.4, 0.5) is 5.69 Å². The van der Waals surface area contributed by atoms with Crippen molar-refractivity contribution in [1.29, 1.82) is 0 Å². The monoisotopic (exact) mass is 597 g/mol. The Kier molecular flexibility index (Phi) is 8.58. The van der Waals surface area contributed by atoms with Crippen LogP contribution in [0.3, 0.4) is 0 Å². The predicted molar refractivity (Wildman–Crippen MR) is 165 cm³/mol. The van der Waals surface area contributed by atoms with Crippen molar-refractivity contribution in [2.75, 3.05) is 25.6 Å². The number of nitrogens with zero attached hydrogens (tertiary/aromatic N) is 3. The van der Waals surface area contributed by atoms with Crippen LogP contribution < -0.4 is 24.5 Å². The molecule has 1 N–H and O–H groups in total. The van der Waals surface area contributed by atoms with Gasteiger partial charge in [-0.25, -0.2) is 14.6 Å². The number of carboxylic acid groups (broad SMARTS) is 1. The third kappa shape index (κ3) is 6.29. The van der Waals surface area contributed by atoms with Crippen LogP contribution in [0.15, 0.2) is 93.9 Å². The Morgan fingerprint density at radius 1 is 1.02 bits per heavy atom. The molecule has 220 valence electrons. The molecule has 5 rings (SSSR count). The lowest BCUT2D eigenvalue weighted by Gasteiger charge is -2.25. The van der Waals surface area contributed by atoms with Crippen LogP contribution in [0.1, 0.15) is 46.9 Å². The van der Waals surface area contributed by atoms with E-state index in [1.54, 1.807) is 48.8 Å². The normalized spacial score (nSPS) is 14.6. The zero-order chi connectivity index (χ0) is 30.7. The van der Waals surface area contributed by atoms with Crippen LogP contribution in [-0.2, 0) is 16.1 Å². The molecule has 0 saturated carbocycles. The van der Waals surface area contributed by atoms with E-state index in [2.05, 4.69) is 4.99 Å². The van der Waals surface area contributed by atoms with Crippen LogP contribution in [0.5, 0.6) is 5.75 Å². The molecule has 1 aliphatic rings. The minimum absolute atomic E-state index is 0.211. The Morgan fingerprint density at radius 2 is 1.70 bits per heavy atom. The molecule has 0 unspecified atom stereocenters. The fourth-order valence-electron chi connectivity index (χ4n) is 4.78. The summed E-state index contributed by atoms with van der Waals surface area (Å²) in [5, 5.41) is 9.05. The molecule has 1 aliphatic heterocycles. The number of allylic oxidation sites excluding steroid dienone is 1. The maximum absolute atomic E-state index is 13.8. The van der Waals surface area contributed by atoms with Gasteiger partial charge in [-0.2, -0.15) is 0 Å². The lowest BCUT2D eigenvalue weighted by molar-refractivity contribution is -0.139. The van der Waals surface area contributed by atoms with Gasteiger partial charge in [0.2, 0.25) is 0 Å². The molecule has 3 aromatic carbocycles. The maximum Gasteiger partial charge on any atom is 0.338 e. The number of aromatic carboxylic acids is 1. The Morgan fingerprint density at radius 3 is 2.30 bits per heavy atom. The standard InChI is InChI=1S/C33H31N3O6S/c1-5-41-32(40)28-20(2)34-33-36(29(28)23-12-14-25(15-13-23)35(3)4)30(37)27(43-33)18-21-8-16-26(17-9-21)42-19-22-6-10-24(11-7-22)31(38)39/h6-18,29H,5,19H2,1-4H3,(H,38,39)/b27-18-/t29-/m0/s1. The first-order valence-corrected chi connectivity index (χ1v) is 14.5. The van der Waals surface area contributed by atoms with E-state index in [9.17, 15) is 14.4 Å². The van der Waals surface area contributed by atoms with Gasteiger partial charge in [0, 0.05) is 19.8 Å². The summed E-state index contributed by atoms with van der Waals surface area (Å²) in [5.74, 6) is -0.829. The van der Waals surface area contributed by atoms with Crippen molar-refractivity contribution in [1.82, 2.24) is 4.57 Å². The first-order valence-electron chi connectivity index (χ1n) is 13.7. The number of hydrogen-bond acceptors (Lipinski definition) is 8. The number of carboxylic acids is 1. The van der Waals surface area contributed by atoms with E-state index in [0.717, 1.165) is 22.4 Å². The summed E-state index contributed by atoms with van der Waals surface area (Å²) >= 11 is 1.27. The van der Waals surface area contributed by atoms with Gasteiger partial charge in [0.1, 0.15) is 12.4 Å². The van der Waals surface area contributed by atoms with Gasteiger partial charge in [-0.3, -0.25) is 9.36 Å². The van der Waals surface area contributed by atoms with Crippen molar-refractivity contribution in [2.45, 2.75) is 26.5 Å². The predicted octanol–water partition coefficient (Wildman–Crippen LogP) is 4.14. The smallest absolute Gasteiger partial charge is 0.338 e. The summed E-state index contributed by atoms with van der Waals surface area (Å²) < 4.78 is 13.3. The van der Waals surface area contributed by atoms with Crippen LogP contribution >= 0.6 is 11.3 Å². The van der Waals surface area contributed by atoms with Gasteiger partial charge in [-0.1, -0.05) is 47.7 Å². The minimum Gasteiger partial charge on any atom is -0.489 e. The molecule has 0 aliphatic carbocycles. The van der Waals surface area contributed by atoms with Crippen LogP contribution in [-0.4, -0.2) is 42.3 Å². The first kappa shape index (κ1) is 29.5. The quantitative estimate of drug-likeness (QED) is 0.289. The number of aromatic nitrogens is 1. The fraction of sp³-hybridized carbons (Fsp3) is 0.212. The number of rotatable bonds is 9. The van der Waals surface area contributed by atoms with Crippen molar-refractivity contribution in [3.05, 3.63) is 126 Å². The molecule has 1 atom stereocenters. The molecule has 4 aromatic rings. The molecule has 2 heterocycles. The van der Waals surface area contributed by atoms with Crippen molar-refractivity contribution in [2.24, 2.45) is 4.99 Å². The molecule has 43 heavy (non-hydrogen) atoms. The number of benzene rings is 3. The Labute approximate surface area is 252 Å². The summed E-state index contributed by atoms with van der Waals surface area (Å²) in [4.78, 5) is 45.1. The second-order valence-corrected chi connectivity index (χ2v) is 11.2. The van der Waals surface area contributed by atoms with Crippen molar-refractivity contribution < 1.29 is 24.2 Å². The number of esters is 1. The maximum atomic E-state index is 13.8. The number of anilines is 1. The lowest BCUT2D eigenvalue weighted by atomic mass is 9.95. The lowest BCUT2D eigenvalue weighted by Crippen LogP contribution is -2.39. The summed E-state index contributed by atoms with van der Waals surface area (Å²) in [6.07, 6.45) is 1.80. The SMILES string of the molecule is CCOC(=O)C1=C(C)N=c2s/c(=C\c3ccc(OCc4ccc(C(=O)O)cc4)cc3)c(=O)n2[C@H]1c1ccc(N(C)C)cc1. The molecule has 10 heteroatoms. The molecule has 0 bridgehead atoms. The fourth-order valence-corrected chi connectivity index (χ4v) is 5.83. The van der Waals surface area contributed by atoms with E-state index in [1.807, 2.05) is 67.5 Å². The van der Waals surface area contributed by atoms with Gasteiger partial charge in [0.15, 0.2) is 4.80 Å². The Bertz CT molecular complexity index is 1870. The van der Waals surface area contributed by atoms with Gasteiger partial charge in [-0.15, -0.1) is 0 Å². The van der Waals surface area contributed by atoms with Crippen LogP contribution in [0.25, 0.3) is 6.08 Å². The highest BCUT2D eigenvalue weighted by atomic mass is 32.1. The third-order valence-electron chi connectivity index (χ3n) is 7.03. The molecular weight excluding hydrogens is 566 g/mol. The molecular formula is C33H31N3O6S. The van der Waals surface area contributed by atoms with Gasteiger partial charge < -0.3 is 19.5 Å². The third-order valence-corrected chi connectivity index (χ3v) is 8.01. The van der Waals surface area contributed by atoms with E-state index < -0.39 is 18.0 Å². The van der Waals surface area contributed by atoms with Crippen molar-refractivity contribution in [3.63, 3.8) is 0 Å². The molecule has 9 nitrogen and oxygen atoms in total. The minimum atomic E-state index is -0.973. The molecule has 0 fully saturated rings. The number of thiazole rings is 1. The van der Waals surface area contributed by atoms with E-state index >= 15 is 0 Å². The number of hydrogen-bond donors (Lipinski definition) is 1. The van der Waals surface area contributed by atoms with E-state index in [-0.39, 0.29) is 24.3 Å². The van der Waals surface area contributed by atoms with E-state index in [0.29, 0.717) is 26.4 Å². The van der Waals surface area contributed by atoms with E-state index in [4.69, 9.17) is 14.6 Å². The highest BCUT2D eigenvalue weighted by Gasteiger charge is 2.33. The summed E-state index contributed by atoms with van der Waals surface area (Å²) in [6.45, 7) is 4.01. The van der Waals surface area contributed by atoms with Gasteiger partial charge in [-0.05, 0) is 73.0 Å². The molecule has 0 saturated heterocycles. The highest BCUT2D eigenvalue weighted by molar-refractivity contribution is 7.07. The highest BCUT2D eigenvalue weighted by Crippen LogP contribution is 2.31. The summed E-state index contributed by atoms with van der Waals surface area (Å²) in [6, 6.07) is 20.9. The molecule has 0 amide bonds. The van der Waals surface area contributed by atoms with Gasteiger partial charge in [0.25, 0.3) is 5.56 Å². The second-order valence-electron chi connectivity index (χ2n) is 10.1. The average molecular weight is 598 g/mol. The Hall–Kier alpha value is -4.96. The van der Waals surface area contributed by atoms with Crippen molar-refractivity contribution in [3.8, 4) is 5.75 Å². The molecule has 0 radical (unpaired) electrons. The van der Waals surface area contributed by atoms with Gasteiger partial charge in [0.05, 0.1) is 34.0 Å². The van der Waals surface area contributed by atoms with E-state index in [1.165, 1.54) is 11.3 Å². The number of carbonyl (C=O) groups excluding carboxylic acids is 1. The molecule has 0 spiro atoms. The zero-order valence-corrected chi connectivity index (χ0v) is 25.1. The summed E-state index contributed by atoms with van der Waals surface area (Å²) in [7, 11) is 3.90. The number of carbonyl (C=O) groups is 2. The van der Waals surface area contributed by atoms with Gasteiger partial charge >= 0.3 is 11.9 Å². The summed E-state index contributed by atoms with van der Waals surface area (Å²) in [5.41, 5.74) is 4.27. The number of fused-ring (bicyclic) bond motifs is 1. The topological polar surface area (TPSA) is 110 Å². The van der Waals surface area contributed by atoms with Crippen LogP contribution in [0, 0.1) is 0 Å².